The molecule has 0 atom stereocenters. The summed E-state index contributed by atoms with van der Waals surface area (Å²) in [5, 5.41) is -0.326. The van der Waals surface area contributed by atoms with E-state index in [-0.39, 0.29) is 27.1 Å². The van der Waals surface area contributed by atoms with Crippen LogP contribution < -0.4 is 5.73 Å². The van der Waals surface area contributed by atoms with Gasteiger partial charge in [0, 0.05) is 12.1 Å². The second-order valence-electron chi connectivity index (χ2n) is 6.84. The van der Waals surface area contributed by atoms with Crippen LogP contribution in [0.1, 0.15) is 24.8 Å². The molecule has 6 nitrogen and oxygen atoms in total. The van der Waals surface area contributed by atoms with Gasteiger partial charge >= 0.3 is 0 Å². The van der Waals surface area contributed by atoms with Crippen molar-refractivity contribution in [1.82, 2.24) is 4.31 Å². The SMILES string of the molecule is NC1=C(N(CCC2CC2)S(=O)(=O)c2ccccc2)S(=O)(=O)c2ccccc21. The molecule has 1 heterocycles. The van der Waals surface area contributed by atoms with Crippen molar-refractivity contribution in [3.63, 3.8) is 0 Å². The number of sulfonamides is 1. The molecular formula is C19H20N2O4S2. The van der Waals surface area contributed by atoms with Crippen LogP contribution in [0.25, 0.3) is 5.70 Å². The molecule has 1 aliphatic heterocycles. The Morgan fingerprint density at radius 3 is 2.26 bits per heavy atom. The molecule has 1 fully saturated rings. The summed E-state index contributed by atoms with van der Waals surface area (Å²) < 4.78 is 53.9. The predicted octanol–water partition coefficient (Wildman–Crippen LogP) is 2.55. The van der Waals surface area contributed by atoms with E-state index in [2.05, 4.69) is 0 Å². The van der Waals surface area contributed by atoms with E-state index in [4.69, 9.17) is 5.73 Å². The molecule has 4 rings (SSSR count). The number of nitrogens with zero attached hydrogens (tertiary/aromatic N) is 1. The highest BCUT2D eigenvalue weighted by atomic mass is 32.2. The van der Waals surface area contributed by atoms with E-state index < -0.39 is 19.9 Å². The van der Waals surface area contributed by atoms with Gasteiger partial charge in [-0.25, -0.2) is 16.8 Å². The van der Waals surface area contributed by atoms with Crippen LogP contribution in [0.4, 0.5) is 0 Å². The van der Waals surface area contributed by atoms with Gasteiger partial charge in [0.1, 0.15) is 0 Å². The summed E-state index contributed by atoms with van der Waals surface area (Å²) in [4.78, 5) is 0.101. The zero-order valence-electron chi connectivity index (χ0n) is 14.6. The first-order chi connectivity index (χ1) is 12.8. The lowest BCUT2D eigenvalue weighted by molar-refractivity contribution is 0.466. The number of fused-ring (bicyclic) bond motifs is 1. The predicted molar refractivity (Wildman–Crippen MR) is 102 cm³/mol. The molecule has 8 heteroatoms. The van der Waals surface area contributed by atoms with Gasteiger partial charge in [-0.2, -0.15) is 0 Å². The van der Waals surface area contributed by atoms with Gasteiger partial charge in [0.05, 0.1) is 15.5 Å². The zero-order valence-corrected chi connectivity index (χ0v) is 16.2. The van der Waals surface area contributed by atoms with Gasteiger partial charge in [0.2, 0.25) is 9.84 Å². The molecule has 142 valence electrons. The molecule has 1 aliphatic carbocycles. The minimum absolute atomic E-state index is 0.0131. The Balaban J connectivity index is 1.86. The van der Waals surface area contributed by atoms with Crippen molar-refractivity contribution < 1.29 is 16.8 Å². The monoisotopic (exact) mass is 404 g/mol. The normalized spacial score (nSPS) is 18.4. The maximum Gasteiger partial charge on any atom is 0.264 e. The van der Waals surface area contributed by atoms with E-state index in [0.29, 0.717) is 17.9 Å². The van der Waals surface area contributed by atoms with Crippen LogP contribution in [0.3, 0.4) is 0 Å². The van der Waals surface area contributed by atoms with Crippen LogP contribution in [0, 0.1) is 5.92 Å². The van der Waals surface area contributed by atoms with Crippen LogP contribution in [-0.2, 0) is 19.9 Å². The highest BCUT2D eigenvalue weighted by molar-refractivity contribution is 7.97. The lowest BCUT2D eigenvalue weighted by atomic mass is 10.2. The third kappa shape index (κ3) is 3.02. The Morgan fingerprint density at radius 2 is 1.63 bits per heavy atom. The van der Waals surface area contributed by atoms with Crippen molar-refractivity contribution in [1.29, 1.82) is 0 Å². The van der Waals surface area contributed by atoms with E-state index >= 15 is 0 Å². The lowest BCUT2D eigenvalue weighted by Gasteiger charge is -2.25. The number of hydrogen-bond acceptors (Lipinski definition) is 5. The lowest BCUT2D eigenvalue weighted by Crippen LogP contribution is -2.35. The summed E-state index contributed by atoms with van der Waals surface area (Å²) >= 11 is 0. The van der Waals surface area contributed by atoms with Crippen LogP contribution in [-0.4, -0.2) is 27.7 Å². The highest BCUT2D eigenvalue weighted by Gasteiger charge is 2.42. The van der Waals surface area contributed by atoms with Crippen molar-refractivity contribution in [2.75, 3.05) is 6.54 Å². The van der Waals surface area contributed by atoms with Crippen molar-refractivity contribution in [3.05, 3.63) is 65.2 Å². The largest absolute Gasteiger partial charge is 0.396 e. The summed E-state index contributed by atoms with van der Waals surface area (Å²) in [5.74, 6) is 0.437. The third-order valence-corrected chi connectivity index (χ3v) is 8.76. The van der Waals surface area contributed by atoms with Crippen LogP contribution in [0.2, 0.25) is 0 Å². The van der Waals surface area contributed by atoms with Crippen molar-refractivity contribution in [3.8, 4) is 0 Å². The number of rotatable bonds is 6. The second kappa shape index (κ2) is 6.38. The second-order valence-corrected chi connectivity index (χ2v) is 10.5. The van der Waals surface area contributed by atoms with Crippen molar-refractivity contribution >= 4 is 25.6 Å². The maximum absolute atomic E-state index is 13.3. The Bertz CT molecular complexity index is 1120. The highest BCUT2D eigenvalue weighted by Crippen LogP contribution is 2.41. The van der Waals surface area contributed by atoms with E-state index in [1.54, 1.807) is 36.4 Å². The zero-order chi connectivity index (χ0) is 19.2. The smallest absolute Gasteiger partial charge is 0.264 e. The molecule has 0 amide bonds. The number of sulfone groups is 1. The molecule has 0 bridgehead atoms. The van der Waals surface area contributed by atoms with Crippen LogP contribution >= 0.6 is 0 Å². The topological polar surface area (TPSA) is 97.5 Å². The molecule has 1 saturated carbocycles. The fraction of sp³-hybridized carbons (Fsp3) is 0.263. The Labute approximate surface area is 159 Å². The molecule has 0 radical (unpaired) electrons. The first kappa shape index (κ1) is 18.1. The number of hydrogen-bond donors (Lipinski definition) is 1. The van der Waals surface area contributed by atoms with Gasteiger partial charge < -0.3 is 5.73 Å². The average Bonchev–Trinajstić information content (AvgIpc) is 3.46. The Morgan fingerprint density at radius 1 is 1.00 bits per heavy atom. The van der Waals surface area contributed by atoms with E-state index in [1.165, 1.54) is 18.2 Å². The average molecular weight is 405 g/mol. The third-order valence-electron chi connectivity index (χ3n) is 4.95. The first-order valence-electron chi connectivity index (χ1n) is 8.75. The number of benzene rings is 2. The fourth-order valence-electron chi connectivity index (χ4n) is 3.31. The van der Waals surface area contributed by atoms with Gasteiger partial charge in [-0.15, -0.1) is 0 Å². The standard InChI is InChI=1S/C19H20N2O4S2/c20-18-16-8-4-5-9-17(16)26(22,23)19(18)21(13-12-14-10-11-14)27(24,25)15-6-2-1-3-7-15/h1-9,14H,10-13,20H2. The summed E-state index contributed by atoms with van der Waals surface area (Å²) in [6, 6.07) is 14.2. The van der Waals surface area contributed by atoms with Crippen molar-refractivity contribution in [2.45, 2.75) is 29.1 Å². The minimum Gasteiger partial charge on any atom is -0.396 e. The molecule has 27 heavy (non-hydrogen) atoms. The Kier molecular flexibility index (Phi) is 4.27. The Hall–Kier alpha value is -2.32. The van der Waals surface area contributed by atoms with Gasteiger partial charge in [-0.3, -0.25) is 4.31 Å². The molecule has 0 spiro atoms. The van der Waals surface area contributed by atoms with Crippen LogP contribution in [0.5, 0.6) is 0 Å². The van der Waals surface area contributed by atoms with Crippen LogP contribution in [0.15, 0.2) is 69.4 Å². The molecule has 0 unspecified atom stereocenters. The molecule has 2 aliphatic rings. The number of nitrogens with two attached hydrogens (primary N) is 1. The molecule has 2 aromatic rings. The minimum atomic E-state index is -4.06. The molecular weight excluding hydrogens is 384 g/mol. The molecule has 0 aromatic heterocycles. The fourth-order valence-corrected chi connectivity index (χ4v) is 7.01. The van der Waals surface area contributed by atoms with Gasteiger partial charge in [0.15, 0.2) is 5.03 Å². The maximum atomic E-state index is 13.3. The quantitative estimate of drug-likeness (QED) is 0.798. The van der Waals surface area contributed by atoms with Gasteiger partial charge in [-0.05, 0) is 30.5 Å². The van der Waals surface area contributed by atoms with Crippen molar-refractivity contribution in [2.24, 2.45) is 11.7 Å². The summed E-state index contributed by atoms with van der Waals surface area (Å²) in [6.07, 6.45) is 2.69. The van der Waals surface area contributed by atoms with E-state index in [1.807, 2.05) is 0 Å². The first-order valence-corrected chi connectivity index (χ1v) is 11.7. The van der Waals surface area contributed by atoms with Gasteiger partial charge in [-0.1, -0.05) is 49.2 Å². The molecule has 0 saturated heterocycles. The summed E-state index contributed by atoms with van der Waals surface area (Å²) in [5.41, 5.74) is 6.50. The summed E-state index contributed by atoms with van der Waals surface area (Å²) in [7, 11) is -8.07. The summed E-state index contributed by atoms with van der Waals surface area (Å²) in [6.45, 7) is 0.0884. The molecule has 2 aromatic carbocycles. The van der Waals surface area contributed by atoms with E-state index in [0.717, 1.165) is 17.1 Å². The molecule has 2 N–H and O–H groups in total. The van der Waals surface area contributed by atoms with Gasteiger partial charge in [0.25, 0.3) is 10.0 Å². The van der Waals surface area contributed by atoms with E-state index in [9.17, 15) is 16.8 Å².